The monoisotopic (exact) mass is 479 g/mol. The molecule has 0 radical (unpaired) electrons. The Morgan fingerprint density at radius 1 is 1.25 bits per heavy atom. The molecule has 2 rings (SSSR count). The van der Waals surface area contributed by atoms with E-state index in [1.807, 2.05) is 32.9 Å². The Labute approximate surface area is 198 Å². The van der Waals surface area contributed by atoms with Gasteiger partial charge >= 0.3 is 5.97 Å². The smallest absolute Gasteiger partial charge is 0.307 e. The van der Waals surface area contributed by atoms with Crippen LogP contribution in [0.25, 0.3) is 0 Å². The first-order valence-electron chi connectivity index (χ1n) is 10.6. The van der Waals surface area contributed by atoms with Crippen LogP contribution in [-0.4, -0.2) is 39.5 Å². The number of carboxylic acid groups (broad SMARTS) is 1. The van der Waals surface area contributed by atoms with Gasteiger partial charge in [-0.1, -0.05) is 50.0 Å². The van der Waals surface area contributed by atoms with E-state index in [-0.39, 0.29) is 18.1 Å². The molecule has 3 N–H and O–H groups in total. The predicted molar refractivity (Wildman–Crippen MR) is 129 cm³/mol. The molecule has 0 bridgehead atoms. The molecule has 0 spiro atoms. The van der Waals surface area contributed by atoms with E-state index in [9.17, 15) is 15.1 Å². The van der Waals surface area contributed by atoms with Gasteiger partial charge in [-0.2, -0.15) is 0 Å². The minimum Gasteiger partial charge on any atom is -0.507 e. The van der Waals surface area contributed by atoms with Gasteiger partial charge in [0.15, 0.2) is 0 Å². The molecule has 6 nitrogen and oxygen atoms in total. The third kappa shape index (κ3) is 7.07. The second-order valence-electron chi connectivity index (χ2n) is 7.71. The number of carbonyl (C=O) groups is 1. The molecule has 0 aliphatic carbocycles. The Morgan fingerprint density at radius 2 is 2.00 bits per heavy atom. The fourth-order valence-electron chi connectivity index (χ4n) is 3.30. The van der Waals surface area contributed by atoms with Gasteiger partial charge in [0.1, 0.15) is 11.5 Å². The number of oxime groups is 1. The van der Waals surface area contributed by atoms with Crippen molar-refractivity contribution in [3.63, 3.8) is 0 Å². The van der Waals surface area contributed by atoms with Crippen molar-refractivity contribution in [2.45, 2.75) is 51.3 Å². The largest absolute Gasteiger partial charge is 0.507 e. The SMILES string of the molecule is CCCc1c(OCCCSc2ccc(CC(=O)O)cc2Cl)ccc(C(=NO)C(C)C)c1O. The highest BCUT2D eigenvalue weighted by Gasteiger charge is 2.19. The Kier molecular flexibility index (Phi) is 10.2. The van der Waals surface area contributed by atoms with E-state index >= 15 is 0 Å². The summed E-state index contributed by atoms with van der Waals surface area (Å²) in [5.74, 6) is 0.599. The second kappa shape index (κ2) is 12.6. The maximum Gasteiger partial charge on any atom is 0.307 e. The van der Waals surface area contributed by atoms with Gasteiger partial charge in [-0.3, -0.25) is 4.79 Å². The van der Waals surface area contributed by atoms with Crippen LogP contribution in [0.1, 0.15) is 50.3 Å². The Balaban J connectivity index is 1.98. The summed E-state index contributed by atoms with van der Waals surface area (Å²) in [6.07, 6.45) is 2.21. The fourth-order valence-corrected chi connectivity index (χ4v) is 4.51. The molecular formula is C24H30ClNO5S. The lowest BCUT2D eigenvalue weighted by molar-refractivity contribution is -0.136. The van der Waals surface area contributed by atoms with Crippen molar-refractivity contribution in [2.75, 3.05) is 12.4 Å². The lowest BCUT2D eigenvalue weighted by Crippen LogP contribution is -2.11. The maximum absolute atomic E-state index is 10.8. The van der Waals surface area contributed by atoms with Crippen molar-refractivity contribution in [1.29, 1.82) is 0 Å². The third-order valence-corrected chi connectivity index (χ3v) is 6.41. The average molecular weight is 480 g/mol. The number of thioether (sulfide) groups is 1. The number of nitrogens with zero attached hydrogens (tertiary/aromatic N) is 1. The van der Waals surface area contributed by atoms with E-state index in [1.54, 1.807) is 30.0 Å². The van der Waals surface area contributed by atoms with Gasteiger partial charge in [0.25, 0.3) is 0 Å². The van der Waals surface area contributed by atoms with Gasteiger partial charge in [-0.05, 0) is 48.6 Å². The van der Waals surface area contributed by atoms with Crippen LogP contribution >= 0.6 is 23.4 Å². The molecule has 0 heterocycles. The molecule has 0 amide bonds. The Morgan fingerprint density at radius 3 is 2.59 bits per heavy atom. The van der Waals surface area contributed by atoms with Gasteiger partial charge in [-0.15, -0.1) is 11.8 Å². The first-order valence-corrected chi connectivity index (χ1v) is 12.0. The van der Waals surface area contributed by atoms with E-state index in [1.165, 1.54) is 0 Å². The molecule has 0 aliphatic heterocycles. The van der Waals surface area contributed by atoms with Gasteiger partial charge in [-0.25, -0.2) is 0 Å². The van der Waals surface area contributed by atoms with E-state index in [4.69, 9.17) is 21.4 Å². The van der Waals surface area contributed by atoms with Crippen LogP contribution in [0, 0.1) is 5.92 Å². The lowest BCUT2D eigenvalue weighted by atomic mass is 9.95. The van der Waals surface area contributed by atoms with Crippen molar-refractivity contribution >= 4 is 35.0 Å². The number of benzene rings is 2. The summed E-state index contributed by atoms with van der Waals surface area (Å²) in [6, 6.07) is 8.86. The molecule has 174 valence electrons. The molecule has 2 aromatic carbocycles. The van der Waals surface area contributed by atoms with Crippen LogP contribution in [0.4, 0.5) is 0 Å². The standard InChI is InChI=1S/C24H30ClNO5S/c1-4-6-17-20(9-8-18(24(17)29)23(26-30)15(2)3)31-11-5-12-32-21-10-7-16(13-19(21)25)14-22(27)28/h7-10,13,15,29-30H,4-6,11-12,14H2,1-3H3,(H,27,28). The van der Waals surface area contributed by atoms with Crippen LogP contribution in [-0.2, 0) is 17.6 Å². The molecule has 0 saturated carbocycles. The van der Waals surface area contributed by atoms with Crippen molar-refractivity contribution in [2.24, 2.45) is 11.1 Å². The number of hydrogen-bond acceptors (Lipinski definition) is 6. The summed E-state index contributed by atoms with van der Waals surface area (Å²) in [6.45, 7) is 6.31. The molecule has 0 unspecified atom stereocenters. The van der Waals surface area contributed by atoms with E-state index in [2.05, 4.69) is 5.16 Å². The van der Waals surface area contributed by atoms with E-state index in [0.717, 1.165) is 29.1 Å². The summed E-state index contributed by atoms with van der Waals surface area (Å²) >= 11 is 7.86. The van der Waals surface area contributed by atoms with Crippen molar-refractivity contribution in [1.82, 2.24) is 0 Å². The summed E-state index contributed by atoms with van der Waals surface area (Å²) in [5.41, 5.74) is 2.36. The zero-order valence-corrected chi connectivity index (χ0v) is 20.2. The van der Waals surface area contributed by atoms with Crippen LogP contribution in [0.2, 0.25) is 5.02 Å². The summed E-state index contributed by atoms with van der Waals surface area (Å²) in [7, 11) is 0. The molecule has 2 aromatic rings. The van der Waals surface area contributed by atoms with Gasteiger partial charge in [0.2, 0.25) is 0 Å². The number of aliphatic carboxylic acids is 1. The highest BCUT2D eigenvalue weighted by molar-refractivity contribution is 7.99. The number of carboxylic acids is 1. The second-order valence-corrected chi connectivity index (χ2v) is 9.26. The molecule has 0 fully saturated rings. The normalized spacial score (nSPS) is 11.7. The zero-order chi connectivity index (χ0) is 23.7. The molecule has 0 saturated heterocycles. The topological polar surface area (TPSA) is 99.4 Å². The summed E-state index contributed by atoms with van der Waals surface area (Å²) in [5, 5.41) is 32.9. The van der Waals surface area contributed by atoms with Crippen LogP contribution in [0.3, 0.4) is 0 Å². The van der Waals surface area contributed by atoms with Crippen molar-refractivity contribution in [3.05, 3.63) is 52.0 Å². The van der Waals surface area contributed by atoms with Crippen molar-refractivity contribution in [3.8, 4) is 11.5 Å². The molecular weight excluding hydrogens is 450 g/mol. The molecule has 32 heavy (non-hydrogen) atoms. The number of aromatic hydroxyl groups is 1. The summed E-state index contributed by atoms with van der Waals surface area (Å²) < 4.78 is 5.96. The molecule has 8 heteroatoms. The minimum atomic E-state index is -0.885. The quantitative estimate of drug-likeness (QED) is 0.113. The fraction of sp³-hybridized carbons (Fsp3) is 0.417. The molecule has 0 aromatic heterocycles. The average Bonchev–Trinajstić information content (AvgIpc) is 2.72. The number of hydrogen-bond donors (Lipinski definition) is 3. The van der Waals surface area contributed by atoms with Gasteiger partial charge < -0.3 is 20.2 Å². The minimum absolute atomic E-state index is 0.0332. The highest BCUT2D eigenvalue weighted by atomic mass is 35.5. The molecule has 0 atom stereocenters. The van der Waals surface area contributed by atoms with Crippen molar-refractivity contribution < 1.29 is 25.0 Å². The predicted octanol–water partition coefficient (Wildman–Crippen LogP) is 6.02. The number of ether oxygens (including phenoxy) is 1. The van der Waals surface area contributed by atoms with Crippen LogP contribution < -0.4 is 4.74 Å². The van der Waals surface area contributed by atoms with Gasteiger partial charge in [0.05, 0.1) is 23.8 Å². The zero-order valence-electron chi connectivity index (χ0n) is 18.6. The number of phenols is 1. The third-order valence-electron chi connectivity index (χ3n) is 4.83. The first-order chi connectivity index (χ1) is 15.3. The number of halogens is 1. The Bertz CT molecular complexity index is 962. The highest BCUT2D eigenvalue weighted by Crippen LogP contribution is 2.34. The Hall–Kier alpha value is -2.38. The van der Waals surface area contributed by atoms with Crippen LogP contribution in [0.15, 0.2) is 40.4 Å². The first kappa shape index (κ1) is 25.9. The van der Waals surface area contributed by atoms with Crippen LogP contribution in [0.5, 0.6) is 11.5 Å². The lowest BCUT2D eigenvalue weighted by Gasteiger charge is -2.17. The number of phenolic OH excluding ortho intramolecular Hbond substituents is 1. The number of rotatable bonds is 12. The van der Waals surface area contributed by atoms with E-state index in [0.29, 0.717) is 40.6 Å². The molecule has 0 aliphatic rings. The van der Waals surface area contributed by atoms with Gasteiger partial charge in [0, 0.05) is 21.8 Å². The maximum atomic E-state index is 10.8. The van der Waals surface area contributed by atoms with E-state index < -0.39 is 5.97 Å². The summed E-state index contributed by atoms with van der Waals surface area (Å²) in [4.78, 5) is 11.7.